The first-order valence-electron chi connectivity index (χ1n) is 5.70. The number of rotatable bonds is 4. The molecule has 0 radical (unpaired) electrons. The number of anilines is 1. The van der Waals surface area contributed by atoms with E-state index in [2.05, 4.69) is 17.1 Å². The first-order chi connectivity index (χ1) is 8.13. The summed E-state index contributed by atoms with van der Waals surface area (Å²) in [5.41, 5.74) is 6.63. The second-order valence-electron chi connectivity index (χ2n) is 4.13. The fraction of sp³-hybridized carbons (Fsp3) is 0.417. The van der Waals surface area contributed by atoms with Crippen molar-refractivity contribution < 1.29 is 4.79 Å². The maximum atomic E-state index is 11.1. The van der Waals surface area contributed by atoms with Gasteiger partial charge < -0.3 is 16.0 Å². The van der Waals surface area contributed by atoms with Gasteiger partial charge in [0.15, 0.2) is 0 Å². The van der Waals surface area contributed by atoms with Crippen molar-refractivity contribution in [2.75, 3.05) is 24.5 Å². The Labute approximate surface area is 106 Å². The number of carbonyl (C=O) groups excluding carboxylic acids is 1. The molecule has 0 aromatic heterocycles. The number of nitrogens with one attached hydrogen (secondary N) is 1. The van der Waals surface area contributed by atoms with Crippen LogP contribution in [0.3, 0.4) is 0 Å². The Morgan fingerprint density at radius 2 is 2.29 bits per heavy atom. The Hall–Kier alpha value is -1.26. The highest BCUT2D eigenvalue weighted by molar-refractivity contribution is 6.34. The lowest BCUT2D eigenvalue weighted by Gasteiger charge is -2.39. The van der Waals surface area contributed by atoms with Crippen LogP contribution in [0, 0.1) is 0 Å². The van der Waals surface area contributed by atoms with E-state index >= 15 is 0 Å². The molecule has 0 saturated carbocycles. The summed E-state index contributed by atoms with van der Waals surface area (Å²) in [4.78, 5) is 13.4. The van der Waals surface area contributed by atoms with Gasteiger partial charge in [-0.1, -0.05) is 11.6 Å². The molecule has 17 heavy (non-hydrogen) atoms. The third kappa shape index (κ3) is 2.37. The normalized spacial score (nSPS) is 15.4. The van der Waals surface area contributed by atoms with Crippen molar-refractivity contribution in [3.05, 3.63) is 28.8 Å². The number of primary amides is 1. The van der Waals surface area contributed by atoms with Crippen LogP contribution < -0.4 is 16.0 Å². The van der Waals surface area contributed by atoms with Gasteiger partial charge in [0.25, 0.3) is 0 Å². The highest BCUT2D eigenvalue weighted by atomic mass is 35.5. The molecule has 0 atom stereocenters. The maximum Gasteiger partial charge on any atom is 0.250 e. The van der Waals surface area contributed by atoms with Gasteiger partial charge in [-0.3, -0.25) is 4.79 Å². The molecule has 0 aliphatic carbocycles. The zero-order valence-corrected chi connectivity index (χ0v) is 10.5. The van der Waals surface area contributed by atoms with Gasteiger partial charge in [0.2, 0.25) is 5.91 Å². The minimum atomic E-state index is -0.491. The van der Waals surface area contributed by atoms with Crippen molar-refractivity contribution in [3.8, 4) is 0 Å². The highest BCUT2D eigenvalue weighted by Gasteiger charge is 2.24. The third-order valence-corrected chi connectivity index (χ3v) is 3.40. The fourth-order valence-corrected chi connectivity index (χ4v) is 2.30. The van der Waals surface area contributed by atoms with Crippen molar-refractivity contribution in [2.24, 2.45) is 5.73 Å². The van der Waals surface area contributed by atoms with Crippen LogP contribution in [-0.4, -0.2) is 31.6 Å². The van der Waals surface area contributed by atoms with Crippen molar-refractivity contribution in [1.82, 2.24) is 5.32 Å². The third-order valence-electron chi connectivity index (χ3n) is 3.09. The predicted octanol–water partition coefficient (Wildman–Crippen LogP) is 1.24. The number of hydrogen-bond donors (Lipinski definition) is 2. The van der Waals surface area contributed by atoms with Gasteiger partial charge in [0.05, 0.1) is 16.6 Å². The van der Waals surface area contributed by atoms with Gasteiger partial charge in [-0.25, -0.2) is 0 Å². The largest absolute Gasteiger partial charge is 0.366 e. The standard InChI is InChI=1S/C12H16ClN3O/c1-2-16(9-6-15-7-9)8-3-4-10(12(14)17)11(13)5-8/h3-5,9,15H,2,6-7H2,1H3,(H2,14,17). The number of nitrogens with zero attached hydrogens (tertiary/aromatic N) is 1. The van der Waals surface area contributed by atoms with Crippen LogP contribution in [0.15, 0.2) is 18.2 Å². The molecule has 0 unspecified atom stereocenters. The van der Waals surface area contributed by atoms with Crippen LogP contribution >= 0.6 is 11.6 Å². The first-order valence-corrected chi connectivity index (χ1v) is 6.08. The lowest BCUT2D eigenvalue weighted by atomic mass is 10.1. The Balaban J connectivity index is 2.26. The van der Waals surface area contributed by atoms with E-state index < -0.39 is 5.91 Å². The van der Waals surface area contributed by atoms with E-state index in [1.165, 1.54) is 0 Å². The second-order valence-corrected chi connectivity index (χ2v) is 4.53. The molecule has 2 rings (SSSR count). The van der Waals surface area contributed by atoms with Crippen LogP contribution in [-0.2, 0) is 0 Å². The summed E-state index contributed by atoms with van der Waals surface area (Å²) in [7, 11) is 0. The summed E-state index contributed by atoms with van der Waals surface area (Å²) in [6.07, 6.45) is 0. The number of nitrogens with two attached hydrogens (primary N) is 1. The molecule has 1 fully saturated rings. The molecular formula is C12H16ClN3O. The number of benzene rings is 1. The molecular weight excluding hydrogens is 238 g/mol. The van der Waals surface area contributed by atoms with E-state index in [9.17, 15) is 4.79 Å². The molecule has 1 aliphatic heterocycles. The van der Waals surface area contributed by atoms with E-state index in [-0.39, 0.29) is 0 Å². The molecule has 1 aromatic rings. The SMILES string of the molecule is CCN(c1ccc(C(N)=O)c(Cl)c1)C1CNC1. The van der Waals surface area contributed by atoms with Gasteiger partial charge in [0.1, 0.15) is 0 Å². The van der Waals surface area contributed by atoms with Gasteiger partial charge in [-0.15, -0.1) is 0 Å². The smallest absolute Gasteiger partial charge is 0.250 e. The van der Waals surface area contributed by atoms with Gasteiger partial charge in [0, 0.05) is 25.3 Å². The van der Waals surface area contributed by atoms with Gasteiger partial charge in [-0.05, 0) is 25.1 Å². The summed E-state index contributed by atoms with van der Waals surface area (Å²) >= 11 is 6.05. The molecule has 1 amide bonds. The van der Waals surface area contributed by atoms with Crippen LogP contribution in [0.2, 0.25) is 5.02 Å². The summed E-state index contributed by atoms with van der Waals surface area (Å²) < 4.78 is 0. The van der Waals surface area contributed by atoms with E-state index in [1.54, 1.807) is 6.07 Å². The van der Waals surface area contributed by atoms with E-state index in [0.29, 0.717) is 16.6 Å². The number of amides is 1. The zero-order valence-electron chi connectivity index (χ0n) is 9.74. The quantitative estimate of drug-likeness (QED) is 0.849. The predicted molar refractivity (Wildman–Crippen MR) is 69.6 cm³/mol. The lowest BCUT2D eigenvalue weighted by molar-refractivity contribution is 0.100. The number of carbonyl (C=O) groups is 1. The number of likely N-dealkylation sites (N-methyl/N-ethyl adjacent to an activating group) is 1. The maximum absolute atomic E-state index is 11.1. The van der Waals surface area contributed by atoms with E-state index in [0.717, 1.165) is 25.3 Å². The number of hydrogen-bond acceptors (Lipinski definition) is 3. The molecule has 1 aromatic carbocycles. The molecule has 5 heteroatoms. The topological polar surface area (TPSA) is 58.4 Å². The van der Waals surface area contributed by atoms with Gasteiger partial charge >= 0.3 is 0 Å². The lowest BCUT2D eigenvalue weighted by Crippen LogP contribution is -2.57. The molecule has 1 aliphatic rings. The van der Waals surface area contributed by atoms with E-state index in [4.69, 9.17) is 17.3 Å². The van der Waals surface area contributed by atoms with Crippen molar-refractivity contribution in [2.45, 2.75) is 13.0 Å². The molecule has 4 nitrogen and oxygen atoms in total. The van der Waals surface area contributed by atoms with Crippen molar-refractivity contribution in [1.29, 1.82) is 0 Å². The summed E-state index contributed by atoms with van der Waals surface area (Å²) in [6.45, 7) is 5.00. The highest BCUT2D eigenvalue weighted by Crippen LogP contribution is 2.25. The second kappa shape index (κ2) is 4.94. The average molecular weight is 254 g/mol. The minimum Gasteiger partial charge on any atom is -0.366 e. The van der Waals surface area contributed by atoms with Crippen molar-refractivity contribution >= 4 is 23.2 Å². The number of halogens is 1. The first kappa shape index (κ1) is 12.2. The Morgan fingerprint density at radius 1 is 1.59 bits per heavy atom. The monoisotopic (exact) mass is 253 g/mol. The van der Waals surface area contributed by atoms with Crippen molar-refractivity contribution in [3.63, 3.8) is 0 Å². The molecule has 92 valence electrons. The van der Waals surface area contributed by atoms with Crippen LogP contribution in [0.4, 0.5) is 5.69 Å². The van der Waals surface area contributed by atoms with Crippen LogP contribution in [0.25, 0.3) is 0 Å². The van der Waals surface area contributed by atoms with Crippen LogP contribution in [0.5, 0.6) is 0 Å². The zero-order chi connectivity index (χ0) is 12.4. The van der Waals surface area contributed by atoms with E-state index in [1.807, 2.05) is 12.1 Å². The molecule has 0 bridgehead atoms. The summed E-state index contributed by atoms with van der Waals surface area (Å²) in [5.74, 6) is -0.491. The summed E-state index contributed by atoms with van der Waals surface area (Å²) in [6, 6.07) is 5.90. The molecule has 1 saturated heterocycles. The average Bonchev–Trinajstić information content (AvgIpc) is 2.22. The minimum absolute atomic E-state index is 0.373. The Kier molecular flexibility index (Phi) is 3.54. The summed E-state index contributed by atoms with van der Waals surface area (Å²) in [5, 5.41) is 3.66. The molecule has 0 spiro atoms. The Bertz CT molecular complexity index is 432. The fourth-order valence-electron chi connectivity index (χ4n) is 2.03. The Morgan fingerprint density at radius 3 is 2.71 bits per heavy atom. The van der Waals surface area contributed by atoms with Crippen LogP contribution in [0.1, 0.15) is 17.3 Å². The van der Waals surface area contributed by atoms with Gasteiger partial charge in [-0.2, -0.15) is 0 Å². The molecule has 1 heterocycles. The molecule has 3 N–H and O–H groups in total.